The van der Waals surface area contributed by atoms with Crippen LogP contribution in [0.1, 0.15) is 27.2 Å². The molecule has 1 nitrogen and oxygen atoms in total. The third-order valence-electron chi connectivity index (χ3n) is 2.46. The first-order chi connectivity index (χ1) is 4.60. The molecule has 0 N–H and O–H groups in total. The standard InChI is InChI=1S/C8H19FN/c1-5-8(9)10(4,6-2)7-3/h8H,5-7H2,1-4H3/q+1. The van der Waals surface area contributed by atoms with Crippen molar-refractivity contribution in [2.75, 3.05) is 20.1 Å². The monoisotopic (exact) mass is 148 g/mol. The fraction of sp³-hybridized carbons (Fsp3) is 1.00. The van der Waals surface area contributed by atoms with Crippen LogP contribution in [-0.4, -0.2) is 30.9 Å². The molecule has 10 heavy (non-hydrogen) atoms. The number of rotatable bonds is 4. The van der Waals surface area contributed by atoms with E-state index in [-0.39, 0.29) is 0 Å². The Morgan fingerprint density at radius 1 is 1.20 bits per heavy atom. The summed E-state index contributed by atoms with van der Waals surface area (Å²) >= 11 is 0. The van der Waals surface area contributed by atoms with Gasteiger partial charge in [-0.15, -0.1) is 0 Å². The summed E-state index contributed by atoms with van der Waals surface area (Å²) < 4.78 is 13.7. The van der Waals surface area contributed by atoms with E-state index in [9.17, 15) is 4.39 Å². The number of hydrogen-bond donors (Lipinski definition) is 0. The third-order valence-corrected chi connectivity index (χ3v) is 2.46. The van der Waals surface area contributed by atoms with Crippen molar-refractivity contribution in [3.63, 3.8) is 0 Å². The maximum Gasteiger partial charge on any atom is 0.231 e. The molecule has 1 atom stereocenters. The second-order valence-corrected chi connectivity index (χ2v) is 2.95. The van der Waals surface area contributed by atoms with Crippen LogP contribution >= 0.6 is 0 Å². The second kappa shape index (κ2) is 3.91. The van der Waals surface area contributed by atoms with E-state index in [0.29, 0.717) is 10.9 Å². The first-order valence-electron chi connectivity index (χ1n) is 4.09. The normalized spacial score (nSPS) is 15.3. The lowest BCUT2D eigenvalue weighted by molar-refractivity contribution is -0.944. The van der Waals surface area contributed by atoms with E-state index in [0.717, 1.165) is 13.1 Å². The van der Waals surface area contributed by atoms with Gasteiger partial charge in [0, 0.05) is 6.42 Å². The maximum absolute atomic E-state index is 13.2. The van der Waals surface area contributed by atoms with Gasteiger partial charge in [0.2, 0.25) is 6.30 Å². The van der Waals surface area contributed by atoms with Crippen LogP contribution in [0.15, 0.2) is 0 Å². The van der Waals surface area contributed by atoms with Gasteiger partial charge < -0.3 is 0 Å². The molecule has 0 saturated carbocycles. The van der Waals surface area contributed by atoms with Gasteiger partial charge in [0.25, 0.3) is 0 Å². The first-order valence-corrected chi connectivity index (χ1v) is 4.09. The highest BCUT2D eigenvalue weighted by molar-refractivity contribution is 4.38. The second-order valence-electron chi connectivity index (χ2n) is 2.95. The van der Waals surface area contributed by atoms with E-state index in [1.807, 2.05) is 27.8 Å². The van der Waals surface area contributed by atoms with Crippen molar-refractivity contribution in [1.29, 1.82) is 0 Å². The van der Waals surface area contributed by atoms with Gasteiger partial charge in [-0.05, 0) is 13.8 Å². The first kappa shape index (κ1) is 9.89. The molecule has 0 bridgehead atoms. The molecule has 1 unspecified atom stereocenters. The quantitative estimate of drug-likeness (QED) is 0.423. The van der Waals surface area contributed by atoms with Gasteiger partial charge >= 0.3 is 0 Å². The molecule has 0 aliphatic carbocycles. The number of hydrogen-bond acceptors (Lipinski definition) is 0. The minimum atomic E-state index is -0.685. The van der Waals surface area contributed by atoms with Crippen LogP contribution in [0.3, 0.4) is 0 Å². The number of quaternary nitrogens is 1. The Hall–Kier alpha value is -0.110. The lowest BCUT2D eigenvalue weighted by Gasteiger charge is -2.34. The van der Waals surface area contributed by atoms with Gasteiger partial charge in [-0.2, -0.15) is 4.39 Å². The third kappa shape index (κ3) is 1.94. The summed E-state index contributed by atoms with van der Waals surface area (Å²) in [5, 5.41) is 0. The van der Waals surface area contributed by atoms with Crippen LogP contribution in [0.2, 0.25) is 0 Å². The molecule has 0 aliphatic heterocycles. The Kier molecular flexibility index (Phi) is 3.87. The van der Waals surface area contributed by atoms with E-state index in [1.165, 1.54) is 0 Å². The zero-order chi connectivity index (χ0) is 8.20. The Labute approximate surface area is 63.4 Å². The van der Waals surface area contributed by atoms with Crippen LogP contribution in [0, 0.1) is 0 Å². The van der Waals surface area contributed by atoms with Crippen molar-refractivity contribution in [2.24, 2.45) is 0 Å². The molecule has 0 aromatic carbocycles. The lowest BCUT2D eigenvalue weighted by Crippen LogP contribution is -2.49. The molecule has 0 fully saturated rings. The molecule has 2 heteroatoms. The van der Waals surface area contributed by atoms with E-state index in [4.69, 9.17) is 0 Å². The van der Waals surface area contributed by atoms with Crippen molar-refractivity contribution in [2.45, 2.75) is 33.5 Å². The molecular weight excluding hydrogens is 129 g/mol. The predicted molar refractivity (Wildman–Crippen MR) is 42.5 cm³/mol. The minimum Gasteiger partial charge on any atom is -0.298 e. The molecule has 0 rings (SSSR count). The average Bonchev–Trinajstić information content (AvgIpc) is 2.01. The molecule has 0 aliphatic rings. The Balaban J connectivity index is 4.02. The highest BCUT2D eigenvalue weighted by atomic mass is 19.1. The molecule has 0 radical (unpaired) electrons. The highest BCUT2D eigenvalue weighted by Gasteiger charge is 2.26. The summed E-state index contributed by atoms with van der Waals surface area (Å²) in [6, 6.07) is 0. The van der Waals surface area contributed by atoms with Crippen molar-refractivity contribution < 1.29 is 8.87 Å². The van der Waals surface area contributed by atoms with Crippen molar-refractivity contribution in [1.82, 2.24) is 0 Å². The Morgan fingerprint density at radius 2 is 1.60 bits per heavy atom. The summed E-state index contributed by atoms with van der Waals surface area (Å²) in [5.74, 6) is 0. The van der Waals surface area contributed by atoms with E-state index in [2.05, 4.69) is 0 Å². The zero-order valence-corrected chi connectivity index (χ0v) is 7.52. The van der Waals surface area contributed by atoms with Gasteiger partial charge in [0.05, 0.1) is 20.1 Å². The lowest BCUT2D eigenvalue weighted by atomic mass is 10.3. The zero-order valence-electron chi connectivity index (χ0n) is 7.52. The number of nitrogens with zero attached hydrogens (tertiary/aromatic N) is 1. The molecule has 62 valence electrons. The molecule has 0 amide bonds. The van der Waals surface area contributed by atoms with Crippen LogP contribution < -0.4 is 0 Å². The van der Waals surface area contributed by atoms with Gasteiger partial charge in [-0.3, -0.25) is 4.48 Å². The van der Waals surface area contributed by atoms with Gasteiger partial charge in [0.1, 0.15) is 0 Å². The van der Waals surface area contributed by atoms with Crippen LogP contribution in [0.25, 0.3) is 0 Å². The summed E-state index contributed by atoms with van der Waals surface area (Å²) in [6.45, 7) is 7.72. The van der Waals surface area contributed by atoms with E-state index >= 15 is 0 Å². The van der Waals surface area contributed by atoms with Gasteiger partial charge in [-0.25, -0.2) is 0 Å². The Morgan fingerprint density at radius 3 is 1.70 bits per heavy atom. The van der Waals surface area contributed by atoms with Crippen LogP contribution in [0.4, 0.5) is 4.39 Å². The summed E-state index contributed by atoms with van der Waals surface area (Å²) in [7, 11) is 1.97. The molecule has 0 spiro atoms. The molecule has 0 heterocycles. The topological polar surface area (TPSA) is 0 Å². The Bertz CT molecular complexity index is 89.3. The minimum absolute atomic E-state index is 0.552. The number of alkyl halides is 1. The summed E-state index contributed by atoms with van der Waals surface area (Å²) in [5.41, 5.74) is 0. The molecular formula is C8H19FN+. The van der Waals surface area contributed by atoms with Crippen molar-refractivity contribution >= 4 is 0 Å². The highest BCUT2D eigenvalue weighted by Crippen LogP contribution is 2.13. The van der Waals surface area contributed by atoms with Crippen molar-refractivity contribution in [3.05, 3.63) is 0 Å². The fourth-order valence-corrected chi connectivity index (χ4v) is 1.06. The smallest absolute Gasteiger partial charge is 0.231 e. The largest absolute Gasteiger partial charge is 0.298 e. The predicted octanol–water partition coefficient (Wildman–Crippen LogP) is 2.18. The molecule has 0 saturated heterocycles. The molecule has 0 aromatic rings. The summed E-state index contributed by atoms with van der Waals surface area (Å²) in [6.07, 6.45) is -0.0620. The van der Waals surface area contributed by atoms with E-state index in [1.54, 1.807) is 0 Å². The average molecular weight is 148 g/mol. The maximum atomic E-state index is 13.2. The van der Waals surface area contributed by atoms with Gasteiger partial charge in [-0.1, -0.05) is 6.92 Å². The van der Waals surface area contributed by atoms with E-state index < -0.39 is 6.30 Å². The fourth-order valence-electron chi connectivity index (χ4n) is 1.06. The van der Waals surface area contributed by atoms with Crippen LogP contribution in [-0.2, 0) is 0 Å². The summed E-state index contributed by atoms with van der Waals surface area (Å²) in [4.78, 5) is 0. The molecule has 0 aromatic heterocycles. The SMILES string of the molecule is CCC(F)[N+](C)(CC)CC. The van der Waals surface area contributed by atoms with Gasteiger partial charge in [0.15, 0.2) is 0 Å². The van der Waals surface area contributed by atoms with Crippen molar-refractivity contribution in [3.8, 4) is 0 Å². The number of halogens is 1. The van der Waals surface area contributed by atoms with Crippen LogP contribution in [0.5, 0.6) is 0 Å².